The number of hydrogen-bond donors (Lipinski definition) is 1. The van der Waals surface area contributed by atoms with Crippen molar-refractivity contribution in [2.45, 2.75) is 45.2 Å². The van der Waals surface area contributed by atoms with Crippen LogP contribution in [-0.4, -0.2) is 11.9 Å². The summed E-state index contributed by atoms with van der Waals surface area (Å²) in [6.45, 7) is 2.70. The highest BCUT2D eigenvalue weighted by atomic mass is 35.5. The van der Waals surface area contributed by atoms with E-state index < -0.39 is 0 Å². The van der Waals surface area contributed by atoms with E-state index >= 15 is 0 Å². The van der Waals surface area contributed by atoms with Gasteiger partial charge in [-0.2, -0.15) is 0 Å². The molecule has 0 radical (unpaired) electrons. The summed E-state index contributed by atoms with van der Waals surface area (Å²) in [7, 11) is 0. The largest absolute Gasteiger partial charge is 0.327 e. The molecular formula is C19H25ClN2OS. The lowest BCUT2D eigenvalue weighted by molar-refractivity contribution is -0.119. The maximum absolute atomic E-state index is 12.9. The topological polar surface area (TPSA) is 46.3 Å². The highest BCUT2D eigenvalue weighted by molar-refractivity contribution is 7.09. The molecule has 1 aromatic carbocycles. The van der Waals surface area contributed by atoms with Gasteiger partial charge in [0, 0.05) is 23.0 Å². The predicted octanol–water partition coefficient (Wildman–Crippen LogP) is 4.53. The molecule has 24 heavy (non-hydrogen) atoms. The molecule has 1 heterocycles. The standard InChI is InChI=1S/C19H24N2OS.ClH/c1-14-7-9-16(10-8-14)21(13-17-5-3-11-23-17)19(22)12-15-4-2-6-18(15)20;/h3,5,7-11,15,18H,2,4,6,12-13,20H2,1H3;1H/t15-,18+;/m0./s1. The van der Waals surface area contributed by atoms with Crippen LogP contribution in [0.2, 0.25) is 0 Å². The van der Waals surface area contributed by atoms with Crippen LogP contribution in [0.15, 0.2) is 41.8 Å². The SMILES string of the molecule is Cc1ccc(N(Cc2cccs2)C(=O)C[C@@H]2CCC[C@H]2N)cc1.Cl. The van der Waals surface area contributed by atoms with Crippen LogP contribution in [0.3, 0.4) is 0 Å². The summed E-state index contributed by atoms with van der Waals surface area (Å²) in [6.07, 6.45) is 3.83. The molecule has 0 unspecified atom stereocenters. The molecule has 0 bridgehead atoms. The fraction of sp³-hybridized carbons (Fsp3) is 0.421. The highest BCUT2D eigenvalue weighted by Crippen LogP contribution is 2.29. The molecule has 0 saturated heterocycles. The Morgan fingerprint density at radius 2 is 2.00 bits per heavy atom. The number of halogens is 1. The maximum atomic E-state index is 12.9. The smallest absolute Gasteiger partial charge is 0.227 e. The van der Waals surface area contributed by atoms with E-state index in [0.717, 1.165) is 24.9 Å². The van der Waals surface area contributed by atoms with Crippen molar-refractivity contribution < 1.29 is 4.79 Å². The Bertz CT molecular complexity index is 642. The molecule has 130 valence electrons. The zero-order valence-corrected chi connectivity index (χ0v) is 15.6. The van der Waals surface area contributed by atoms with Gasteiger partial charge in [0.25, 0.3) is 0 Å². The monoisotopic (exact) mass is 364 g/mol. The molecule has 2 aromatic rings. The van der Waals surface area contributed by atoms with Crippen LogP contribution < -0.4 is 10.6 Å². The van der Waals surface area contributed by atoms with E-state index in [1.54, 1.807) is 11.3 Å². The summed E-state index contributed by atoms with van der Waals surface area (Å²) in [5, 5.41) is 2.06. The number of thiophene rings is 1. The highest BCUT2D eigenvalue weighted by Gasteiger charge is 2.28. The molecule has 0 spiro atoms. The Kier molecular flexibility index (Phi) is 6.84. The Morgan fingerprint density at radius 1 is 1.25 bits per heavy atom. The average Bonchev–Trinajstić information content (AvgIpc) is 3.18. The third-order valence-corrected chi connectivity index (χ3v) is 5.56. The van der Waals surface area contributed by atoms with E-state index in [9.17, 15) is 4.79 Å². The lowest BCUT2D eigenvalue weighted by atomic mass is 9.99. The summed E-state index contributed by atoms with van der Waals surface area (Å²) >= 11 is 1.69. The molecule has 0 aliphatic heterocycles. The lowest BCUT2D eigenvalue weighted by Crippen LogP contribution is -2.35. The van der Waals surface area contributed by atoms with Gasteiger partial charge in [0.05, 0.1) is 6.54 Å². The van der Waals surface area contributed by atoms with Gasteiger partial charge in [0.2, 0.25) is 5.91 Å². The second-order valence-electron chi connectivity index (χ2n) is 6.45. The fourth-order valence-corrected chi connectivity index (χ4v) is 3.95. The Balaban J connectivity index is 0.00000208. The number of anilines is 1. The fourth-order valence-electron chi connectivity index (χ4n) is 3.26. The molecular weight excluding hydrogens is 340 g/mol. The number of benzene rings is 1. The van der Waals surface area contributed by atoms with Crippen LogP contribution in [0.4, 0.5) is 5.69 Å². The number of rotatable bonds is 5. The molecule has 2 atom stereocenters. The van der Waals surface area contributed by atoms with Crippen molar-refractivity contribution in [3.05, 3.63) is 52.2 Å². The van der Waals surface area contributed by atoms with E-state index in [2.05, 4.69) is 30.5 Å². The number of carbonyl (C=O) groups is 1. The van der Waals surface area contributed by atoms with Crippen molar-refractivity contribution in [3.63, 3.8) is 0 Å². The molecule has 1 aliphatic rings. The lowest BCUT2D eigenvalue weighted by Gasteiger charge is -2.25. The van der Waals surface area contributed by atoms with Crippen molar-refractivity contribution in [1.82, 2.24) is 0 Å². The summed E-state index contributed by atoms with van der Waals surface area (Å²) in [4.78, 5) is 16.0. The van der Waals surface area contributed by atoms with Gasteiger partial charge >= 0.3 is 0 Å². The Labute approximate surface area is 154 Å². The minimum Gasteiger partial charge on any atom is -0.327 e. The third kappa shape index (κ3) is 4.59. The zero-order chi connectivity index (χ0) is 16.2. The van der Waals surface area contributed by atoms with Crippen LogP contribution in [0.25, 0.3) is 0 Å². The van der Waals surface area contributed by atoms with E-state index in [1.165, 1.54) is 10.4 Å². The minimum absolute atomic E-state index is 0. The van der Waals surface area contributed by atoms with Gasteiger partial charge in [-0.25, -0.2) is 0 Å². The molecule has 3 nitrogen and oxygen atoms in total. The zero-order valence-electron chi connectivity index (χ0n) is 14.0. The second kappa shape index (κ2) is 8.65. The first kappa shape index (κ1) is 19.0. The summed E-state index contributed by atoms with van der Waals surface area (Å²) in [5.74, 6) is 0.517. The number of carbonyl (C=O) groups excluding carboxylic acids is 1. The van der Waals surface area contributed by atoms with E-state index in [1.807, 2.05) is 23.1 Å². The van der Waals surface area contributed by atoms with Gasteiger partial charge in [-0.15, -0.1) is 23.7 Å². The molecule has 1 fully saturated rings. The quantitative estimate of drug-likeness (QED) is 0.847. The number of amides is 1. The van der Waals surface area contributed by atoms with E-state index in [-0.39, 0.29) is 24.4 Å². The van der Waals surface area contributed by atoms with Gasteiger partial charge in [0.1, 0.15) is 0 Å². The van der Waals surface area contributed by atoms with Crippen LogP contribution in [0.1, 0.15) is 36.1 Å². The van der Waals surface area contributed by atoms with Gasteiger partial charge in [-0.3, -0.25) is 4.79 Å². The van der Waals surface area contributed by atoms with Gasteiger partial charge in [-0.1, -0.05) is 30.2 Å². The number of nitrogens with two attached hydrogens (primary N) is 1. The molecule has 1 aromatic heterocycles. The Hall–Kier alpha value is -1.36. The summed E-state index contributed by atoms with van der Waals surface area (Å²) < 4.78 is 0. The van der Waals surface area contributed by atoms with Crippen molar-refractivity contribution in [1.29, 1.82) is 0 Å². The first-order chi connectivity index (χ1) is 11.1. The van der Waals surface area contributed by atoms with Crippen LogP contribution in [0, 0.1) is 12.8 Å². The predicted molar refractivity (Wildman–Crippen MR) is 104 cm³/mol. The van der Waals surface area contributed by atoms with Crippen molar-refractivity contribution in [2.24, 2.45) is 11.7 Å². The van der Waals surface area contributed by atoms with Gasteiger partial charge in [-0.05, 0) is 49.3 Å². The van der Waals surface area contributed by atoms with E-state index in [0.29, 0.717) is 18.9 Å². The first-order valence-electron chi connectivity index (χ1n) is 8.28. The Morgan fingerprint density at radius 3 is 2.58 bits per heavy atom. The van der Waals surface area contributed by atoms with Crippen molar-refractivity contribution >= 4 is 35.3 Å². The number of nitrogens with zero attached hydrogens (tertiary/aromatic N) is 1. The minimum atomic E-state index is 0. The molecule has 1 aliphatic carbocycles. The van der Waals surface area contributed by atoms with Crippen molar-refractivity contribution in [2.75, 3.05) is 4.90 Å². The molecule has 5 heteroatoms. The normalized spacial score (nSPS) is 19.8. The molecule has 1 amide bonds. The van der Waals surface area contributed by atoms with Crippen LogP contribution in [0.5, 0.6) is 0 Å². The average molecular weight is 365 g/mol. The second-order valence-corrected chi connectivity index (χ2v) is 7.49. The maximum Gasteiger partial charge on any atom is 0.227 e. The summed E-state index contributed by atoms with van der Waals surface area (Å²) in [6, 6.07) is 12.5. The van der Waals surface area contributed by atoms with Crippen LogP contribution in [-0.2, 0) is 11.3 Å². The number of aryl methyl sites for hydroxylation is 1. The van der Waals surface area contributed by atoms with Gasteiger partial charge in [0.15, 0.2) is 0 Å². The third-order valence-electron chi connectivity index (χ3n) is 4.70. The van der Waals surface area contributed by atoms with Gasteiger partial charge < -0.3 is 10.6 Å². The molecule has 1 saturated carbocycles. The van der Waals surface area contributed by atoms with Crippen molar-refractivity contribution in [3.8, 4) is 0 Å². The first-order valence-corrected chi connectivity index (χ1v) is 9.16. The molecule has 3 rings (SSSR count). The van der Waals surface area contributed by atoms with Crippen LogP contribution >= 0.6 is 23.7 Å². The molecule has 2 N–H and O–H groups in total. The summed E-state index contributed by atoms with van der Waals surface area (Å²) in [5.41, 5.74) is 8.33. The number of hydrogen-bond acceptors (Lipinski definition) is 3. The van der Waals surface area contributed by atoms with E-state index in [4.69, 9.17) is 5.73 Å².